The monoisotopic (exact) mass is 638 g/mol. The Morgan fingerprint density at radius 2 is 1.19 bits per heavy atom. The summed E-state index contributed by atoms with van der Waals surface area (Å²) in [5.74, 6) is 1.15. The van der Waals surface area contributed by atoms with E-state index in [1.54, 1.807) is 10.6 Å². The summed E-state index contributed by atoms with van der Waals surface area (Å²) in [5, 5.41) is 22.8. The molecule has 2 N–H and O–H groups in total. The van der Waals surface area contributed by atoms with Crippen LogP contribution in [0.2, 0.25) is 0 Å². The first-order valence-electron chi connectivity index (χ1n) is 17.5. The molecule has 0 bridgehead atoms. The third-order valence-electron chi connectivity index (χ3n) is 9.41. The van der Waals surface area contributed by atoms with Gasteiger partial charge in [0.25, 0.3) is 11.8 Å². The average molecular weight is 639 g/mol. The molecule has 0 spiro atoms. The van der Waals surface area contributed by atoms with Crippen LogP contribution < -0.4 is 4.90 Å². The summed E-state index contributed by atoms with van der Waals surface area (Å²) >= 11 is 0. The van der Waals surface area contributed by atoms with E-state index in [2.05, 4.69) is 85.7 Å². The van der Waals surface area contributed by atoms with Crippen LogP contribution >= 0.6 is 0 Å². The van der Waals surface area contributed by atoms with E-state index in [-0.39, 0.29) is 23.6 Å². The topological polar surface area (TPSA) is 82.8 Å². The van der Waals surface area contributed by atoms with Crippen molar-refractivity contribution < 1.29 is 19.8 Å². The molecule has 2 heterocycles. The SMILES string of the molecule is CCc1cc(Cc2cc(CC)c(-n3c(O)cc(C(C)=CC(C)CC(C)CC(C)C)c3O)c(CC)c2)cc(CC)c1N1C(=O)C=CC1=O. The van der Waals surface area contributed by atoms with Gasteiger partial charge < -0.3 is 10.2 Å². The predicted molar refractivity (Wildman–Crippen MR) is 194 cm³/mol. The number of allylic oxidation sites excluding steroid dienone is 2. The van der Waals surface area contributed by atoms with Crippen LogP contribution in [0.3, 0.4) is 0 Å². The van der Waals surface area contributed by atoms with Crippen molar-refractivity contribution in [2.75, 3.05) is 4.90 Å². The molecule has 2 amide bonds. The number of aryl methyl sites for hydroxylation is 4. The first-order chi connectivity index (χ1) is 22.3. The molecule has 0 radical (unpaired) electrons. The van der Waals surface area contributed by atoms with E-state index in [1.807, 2.05) is 6.92 Å². The second kappa shape index (κ2) is 15.2. The second-order valence-electron chi connectivity index (χ2n) is 13.8. The molecule has 1 aliphatic rings. The maximum Gasteiger partial charge on any atom is 0.258 e. The van der Waals surface area contributed by atoms with Gasteiger partial charge in [-0.1, -0.05) is 85.7 Å². The van der Waals surface area contributed by atoms with E-state index in [9.17, 15) is 19.8 Å². The highest BCUT2D eigenvalue weighted by Crippen LogP contribution is 2.40. The summed E-state index contributed by atoms with van der Waals surface area (Å²) in [4.78, 5) is 26.4. The zero-order chi connectivity index (χ0) is 34.6. The molecule has 2 aromatic carbocycles. The molecule has 252 valence electrons. The number of nitrogens with zero attached hydrogens (tertiary/aromatic N) is 2. The summed E-state index contributed by atoms with van der Waals surface area (Å²) in [6.07, 6.45) is 10.7. The van der Waals surface area contributed by atoms with Crippen LogP contribution in [-0.2, 0) is 41.7 Å². The fourth-order valence-electron chi connectivity index (χ4n) is 7.50. The number of carbonyl (C=O) groups excluding carboxylic acids is 2. The lowest BCUT2D eigenvalue weighted by molar-refractivity contribution is -0.120. The molecule has 0 saturated carbocycles. The quantitative estimate of drug-likeness (QED) is 0.172. The van der Waals surface area contributed by atoms with Crippen molar-refractivity contribution in [3.63, 3.8) is 0 Å². The predicted octanol–water partition coefficient (Wildman–Crippen LogP) is 9.27. The standard InChI is InChI=1S/C41H54N2O4/c1-10-31-20-29(21-32(11-2)39(31)42-36(44)14-15-37(42)45)19-30-22-33(12-3)40(34(13-4)23-30)43-38(46)24-35(41(43)47)28(9)18-27(8)17-26(7)16-25(5)6/h14-15,18,20-27,46-47H,10-13,16-17,19H2,1-9H3. The van der Waals surface area contributed by atoms with Crippen LogP contribution in [0, 0.1) is 17.8 Å². The Morgan fingerprint density at radius 3 is 1.64 bits per heavy atom. The van der Waals surface area contributed by atoms with Gasteiger partial charge in [0.2, 0.25) is 5.88 Å². The van der Waals surface area contributed by atoms with Gasteiger partial charge in [-0.05, 0) is 109 Å². The van der Waals surface area contributed by atoms with Gasteiger partial charge >= 0.3 is 0 Å². The van der Waals surface area contributed by atoms with Gasteiger partial charge in [-0.25, -0.2) is 4.90 Å². The minimum absolute atomic E-state index is 0.0273. The van der Waals surface area contributed by atoms with E-state index in [0.29, 0.717) is 42.6 Å². The van der Waals surface area contributed by atoms with Gasteiger partial charge in [0.05, 0.1) is 11.4 Å². The highest BCUT2D eigenvalue weighted by molar-refractivity contribution is 6.28. The molecule has 0 saturated heterocycles. The number of aromatic hydroxyl groups is 2. The van der Waals surface area contributed by atoms with Crippen LogP contribution in [0.25, 0.3) is 11.3 Å². The third kappa shape index (κ3) is 7.75. The number of amides is 2. The lowest BCUT2D eigenvalue weighted by Gasteiger charge is -2.23. The molecule has 47 heavy (non-hydrogen) atoms. The lowest BCUT2D eigenvalue weighted by atomic mass is 9.89. The zero-order valence-electron chi connectivity index (χ0n) is 29.9. The molecule has 0 fully saturated rings. The van der Waals surface area contributed by atoms with Crippen molar-refractivity contribution in [2.24, 2.45) is 17.8 Å². The Morgan fingerprint density at radius 1 is 0.723 bits per heavy atom. The van der Waals surface area contributed by atoms with Gasteiger partial charge in [-0.3, -0.25) is 14.2 Å². The second-order valence-corrected chi connectivity index (χ2v) is 13.8. The van der Waals surface area contributed by atoms with Crippen LogP contribution in [-0.4, -0.2) is 26.6 Å². The summed E-state index contributed by atoms with van der Waals surface area (Å²) < 4.78 is 1.61. The molecule has 2 atom stereocenters. The number of aromatic nitrogens is 1. The van der Waals surface area contributed by atoms with E-state index in [0.717, 1.165) is 69.6 Å². The Hall–Kier alpha value is -4.06. The lowest BCUT2D eigenvalue weighted by Crippen LogP contribution is -2.31. The van der Waals surface area contributed by atoms with Crippen molar-refractivity contribution in [3.8, 4) is 17.4 Å². The van der Waals surface area contributed by atoms with Crippen molar-refractivity contribution in [1.82, 2.24) is 4.57 Å². The molecular formula is C41H54N2O4. The summed E-state index contributed by atoms with van der Waals surface area (Å²) in [6.45, 7) is 19.4. The Kier molecular flexibility index (Phi) is 11.6. The summed E-state index contributed by atoms with van der Waals surface area (Å²) in [6, 6.07) is 10.3. The third-order valence-corrected chi connectivity index (χ3v) is 9.41. The number of imide groups is 1. The number of carbonyl (C=O) groups is 2. The van der Waals surface area contributed by atoms with Crippen LogP contribution in [0.4, 0.5) is 5.69 Å². The minimum atomic E-state index is -0.293. The van der Waals surface area contributed by atoms with Gasteiger partial charge in [-0.15, -0.1) is 0 Å². The molecule has 0 aliphatic carbocycles. The van der Waals surface area contributed by atoms with E-state index in [4.69, 9.17) is 0 Å². The van der Waals surface area contributed by atoms with E-state index < -0.39 is 0 Å². The number of hydrogen-bond acceptors (Lipinski definition) is 4. The van der Waals surface area contributed by atoms with Gasteiger partial charge in [0.15, 0.2) is 5.88 Å². The highest BCUT2D eigenvalue weighted by atomic mass is 16.3. The first-order valence-corrected chi connectivity index (χ1v) is 17.5. The number of anilines is 1. The molecule has 2 unspecified atom stereocenters. The van der Waals surface area contributed by atoms with Crippen molar-refractivity contribution in [2.45, 2.75) is 107 Å². The van der Waals surface area contributed by atoms with Crippen molar-refractivity contribution >= 4 is 23.1 Å². The highest BCUT2D eigenvalue weighted by Gasteiger charge is 2.29. The fourth-order valence-corrected chi connectivity index (χ4v) is 7.50. The maximum absolute atomic E-state index is 12.6. The summed E-state index contributed by atoms with van der Waals surface area (Å²) in [7, 11) is 0. The van der Waals surface area contributed by atoms with Crippen LogP contribution in [0.1, 0.15) is 114 Å². The number of benzene rings is 2. The van der Waals surface area contributed by atoms with Crippen LogP contribution in [0.15, 0.2) is 48.6 Å². The number of rotatable bonds is 14. The molecule has 1 aromatic heterocycles. The van der Waals surface area contributed by atoms with Gasteiger partial charge in [-0.2, -0.15) is 0 Å². The molecule has 6 heteroatoms. The zero-order valence-corrected chi connectivity index (χ0v) is 29.9. The Bertz CT molecular complexity index is 1620. The largest absolute Gasteiger partial charge is 0.494 e. The number of hydrogen-bond donors (Lipinski definition) is 2. The van der Waals surface area contributed by atoms with E-state index in [1.165, 1.54) is 23.5 Å². The molecule has 3 aromatic rings. The fraction of sp³-hybridized carbons (Fsp3) is 0.463. The van der Waals surface area contributed by atoms with Gasteiger partial charge in [0, 0.05) is 23.8 Å². The van der Waals surface area contributed by atoms with E-state index >= 15 is 0 Å². The van der Waals surface area contributed by atoms with Crippen molar-refractivity contribution in [3.05, 3.63) is 87.5 Å². The van der Waals surface area contributed by atoms with Crippen LogP contribution in [0.5, 0.6) is 11.8 Å². The first kappa shape index (κ1) is 35.8. The molecular weight excluding hydrogens is 584 g/mol. The Labute approximate surface area is 281 Å². The minimum Gasteiger partial charge on any atom is -0.494 e. The molecule has 4 rings (SSSR count). The average Bonchev–Trinajstić information content (AvgIpc) is 3.51. The smallest absolute Gasteiger partial charge is 0.258 e. The summed E-state index contributed by atoms with van der Waals surface area (Å²) in [5.41, 5.74) is 9.49. The maximum atomic E-state index is 12.6. The molecule has 1 aliphatic heterocycles. The Balaban J connectivity index is 1.70. The normalized spacial score (nSPS) is 14.9. The van der Waals surface area contributed by atoms with Gasteiger partial charge in [0.1, 0.15) is 0 Å². The molecule has 6 nitrogen and oxygen atoms in total. The van der Waals surface area contributed by atoms with Crippen molar-refractivity contribution in [1.29, 1.82) is 0 Å².